The molecule has 0 saturated carbocycles. The molecule has 0 aliphatic rings. The molecular weight excluding hydrogens is 488 g/mol. The van der Waals surface area contributed by atoms with Crippen molar-refractivity contribution in [3.05, 3.63) is 104 Å². The summed E-state index contributed by atoms with van der Waals surface area (Å²) in [5, 5.41) is 23.1. The summed E-state index contributed by atoms with van der Waals surface area (Å²) >= 11 is 0. The van der Waals surface area contributed by atoms with Gasteiger partial charge in [-0.15, -0.1) is 0 Å². The van der Waals surface area contributed by atoms with Gasteiger partial charge in [0.25, 0.3) is 5.91 Å². The fourth-order valence-electron chi connectivity index (χ4n) is 4.44. The van der Waals surface area contributed by atoms with Gasteiger partial charge in [-0.25, -0.2) is 4.79 Å². The van der Waals surface area contributed by atoms with Gasteiger partial charge in [0.1, 0.15) is 11.4 Å². The molecule has 1 amide bonds. The molecule has 0 spiro atoms. The molecule has 0 atom stereocenters. The van der Waals surface area contributed by atoms with Crippen LogP contribution in [0.1, 0.15) is 54.6 Å². The molecule has 1 N–H and O–H groups in total. The highest BCUT2D eigenvalue weighted by atomic mass is 16.6. The van der Waals surface area contributed by atoms with E-state index in [1.54, 1.807) is 60.5 Å². The first-order valence-electron chi connectivity index (χ1n) is 11.9. The summed E-state index contributed by atoms with van der Waals surface area (Å²) in [4.78, 5) is 36.2. The van der Waals surface area contributed by atoms with Gasteiger partial charge in [-0.3, -0.25) is 24.3 Å². The van der Waals surface area contributed by atoms with Gasteiger partial charge in [0.15, 0.2) is 0 Å². The lowest BCUT2D eigenvalue weighted by atomic mass is 10.1. The predicted octanol–water partition coefficient (Wildman–Crippen LogP) is 4.36. The highest BCUT2D eigenvalue weighted by Gasteiger charge is 2.22. The number of carbonyl (C=O) groups excluding carboxylic acids is 2. The first kappa shape index (κ1) is 26.3. The number of hydrogen-bond donors (Lipinski definition) is 1. The number of ether oxygens (including phenoxy) is 1. The van der Waals surface area contributed by atoms with E-state index >= 15 is 0 Å². The van der Waals surface area contributed by atoms with Gasteiger partial charge in [0.2, 0.25) is 0 Å². The Kier molecular flexibility index (Phi) is 7.38. The second-order valence-corrected chi connectivity index (χ2v) is 8.94. The van der Waals surface area contributed by atoms with E-state index < -0.39 is 10.9 Å². The molecule has 0 saturated heterocycles. The Morgan fingerprint density at radius 3 is 2.32 bits per heavy atom. The summed E-state index contributed by atoms with van der Waals surface area (Å²) in [6, 6.07) is 14.2. The largest absolute Gasteiger partial charge is 0.465 e. The molecule has 0 aliphatic heterocycles. The number of nitrogens with zero attached hydrogens (tertiary/aromatic N) is 5. The maximum absolute atomic E-state index is 13.2. The molecule has 11 heteroatoms. The van der Waals surface area contributed by atoms with E-state index in [9.17, 15) is 19.7 Å². The van der Waals surface area contributed by atoms with Crippen molar-refractivity contribution >= 4 is 23.3 Å². The summed E-state index contributed by atoms with van der Waals surface area (Å²) in [6.07, 6.45) is 0. The molecule has 2 aromatic carbocycles. The number of aryl methyl sites for hydroxylation is 2. The summed E-state index contributed by atoms with van der Waals surface area (Å²) in [6.45, 7) is 7.53. The van der Waals surface area contributed by atoms with Crippen molar-refractivity contribution in [3.8, 4) is 0 Å². The van der Waals surface area contributed by atoms with E-state index in [-0.39, 0.29) is 18.1 Å². The Bertz CT molecular complexity index is 1550. The van der Waals surface area contributed by atoms with Crippen LogP contribution < -0.4 is 5.32 Å². The molecule has 0 radical (unpaired) electrons. The first-order chi connectivity index (χ1) is 18.1. The van der Waals surface area contributed by atoms with Crippen LogP contribution in [0.15, 0.2) is 48.5 Å². The number of amides is 1. The number of hydrogen-bond acceptors (Lipinski definition) is 7. The zero-order chi connectivity index (χ0) is 27.6. The molecule has 4 rings (SSSR count). The maximum atomic E-state index is 13.2. The fraction of sp³-hybridized carbons (Fsp3) is 0.259. The molecule has 38 heavy (non-hydrogen) atoms. The molecule has 0 unspecified atom stereocenters. The average molecular weight is 517 g/mol. The zero-order valence-electron chi connectivity index (χ0n) is 21.8. The van der Waals surface area contributed by atoms with E-state index in [1.165, 1.54) is 7.11 Å². The Balaban J connectivity index is 1.54. The van der Waals surface area contributed by atoms with Crippen LogP contribution in [0.4, 0.5) is 11.4 Å². The lowest BCUT2D eigenvalue weighted by molar-refractivity contribution is -0.386. The van der Waals surface area contributed by atoms with Gasteiger partial charge in [-0.05, 0) is 57.0 Å². The van der Waals surface area contributed by atoms with Crippen molar-refractivity contribution in [3.63, 3.8) is 0 Å². The van der Waals surface area contributed by atoms with Gasteiger partial charge < -0.3 is 10.1 Å². The first-order valence-corrected chi connectivity index (χ1v) is 11.9. The van der Waals surface area contributed by atoms with Gasteiger partial charge in [-0.1, -0.05) is 30.3 Å². The summed E-state index contributed by atoms with van der Waals surface area (Å²) in [5.41, 5.74) is 5.18. The molecule has 0 aliphatic carbocycles. The highest BCUT2D eigenvalue weighted by molar-refractivity contribution is 6.05. The number of anilines is 1. The smallest absolute Gasteiger partial charge is 0.338 e. The summed E-state index contributed by atoms with van der Waals surface area (Å²) in [5.74, 6) is -0.738. The third kappa shape index (κ3) is 5.17. The van der Waals surface area contributed by atoms with E-state index in [0.717, 1.165) is 16.8 Å². The zero-order valence-corrected chi connectivity index (χ0v) is 21.8. The van der Waals surface area contributed by atoms with Crippen LogP contribution in [0.3, 0.4) is 0 Å². The van der Waals surface area contributed by atoms with Crippen LogP contribution in [0.25, 0.3) is 0 Å². The normalized spacial score (nSPS) is 10.9. The van der Waals surface area contributed by atoms with Gasteiger partial charge >= 0.3 is 11.7 Å². The quantitative estimate of drug-likeness (QED) is 0.209. The van der Waals surface area contributed by atoms with Crippen LogP contribution in [0.5, 0.6) is 0 Å². The number of nitrogens with one attached hydrogen (secondary N) is 1. The molecule has 4 aromatic rings. The number of methoxy groups -OCH3 is 1. The lowest BCUT2D eigenvalue weighted by Gasteiger charge is -2.11. The molecule has 196 valence electrons. The molecule has 0 fully saturated rings. The van der Waals surface area contributed by atoms with E-state index in [4.69, 9.17) is 4.74 Å². The summed E-state index contributed by atoms with van der Waals surface area (Å²) in [7, 11) is 1.34. The predicted molar refractivity (Wildman–Crippen MR) is 140 cm³/mol. The van der Waals surface area contributed by atoms with E-state index in [2.05, 4.69) is 15.5 Å². The van der Waals surface area contributed by atoms with E-state index in [1.807, 2.05) is 25.1 Å². The number of rotatable bonds is 8. The van der Waals surface area contributed by atoms with Crippen molar-refractivity contribution < 1.29 is 19.2 Å². The third-order valence-electron chi connectivity index (χ3n) is 6.41. The highest BCUT2D eigenvalue weighted by Crippen LogP contribution is 2.24. The standard InChI is InChI=1S/C27H28N6O5/c1-16-24(18(3)32(29-16)15-22-10-6-7-12-23(22)27(35)38-5)28-26(34)21-11-8-9-20(13-21)14-31-19(4)25(33(36)37)17(2)30-31/h6-13H,14-15H2,1-5H3,(H,28,34). The Hall–Kier alpha value is -4.80. The van der Waals surface area contributed by atoms with Crippen molar-refractivity contribution in [2.75, 3.05) is 12.4 Å². The van der Waals surface area contributed by atoms with E-state index in [0.29, 0.717) is 40.4 Å². The third-order valence-corrected chi connectivity index (χ3v) is 6.41. The van der Waals surface area contributed by atoms with Gasteiger partial charge in [-0.2, -0.15) is 10.2 Å². The topological polar surface area (TPSA) is 134 Å². The fourth-order valence-corrected chi connectivity index (χ4v) is 4.44. The van der Waals surface area contributed by atoms with Crippen molar-refractivity contribution in [1.29, 1.82) is 0 Å². The van der Waals surface area contributed by atoms with Crippen LogP contribution >= 0.6 is 0 Å². The molecule has 0 bridgehead atoms. The minimum absolute atomic E-state index is 0.00364. The lowest BCUT2D eigenvalue weighted by Crippen LogP contribution is -2.14. The number of benzene rings is 2. The average Bonchev–Trinajstić information content (AvgIpc) is 3.32. The van der Waals surface area contributed by atoms with Crippen LogP contribution in [-0.4, -0.2) is 43.5 Å². The van der Waals surface area contributed by atoms with Crippen LogP contribution in [-0.2, 0) is 17.8 Å². The Morgan fingerprint density at radius 2 is 1.63 bits per heavy atom. The van der Waals surface area contributed by atoms with Crippen LogP contribution in [0.2, 0.25) is 0 Å². The minimum Gasteiger partial charge on any atom is -0.465 e. The van der Waals surface area contributed by atoms with Crippen molar-refractivity contribution in [2.45, 2.75) is 40.8 Å². The van der Waals surface area contributed by atoms with Gasteiger partial charge in [0.05, 0.1) is 47.8 Å². The SMILES string of the molecule is COC(=O)c1ccccc1Cn1nc(C)c(NC(=O)c2cccc(Cn3nc(C)c([N+](=O)[O-])c3C)c2)c1C. The van der Waals surface area contributed by atoms with Crippen molar-refractivity contribution in [1.82, 2.24) is 19.6 Å². The summed E-state index contributed by atoms with van der Waals surface area (Å²) < 4.78 is 8.18. The Labute approximate surface area is 219 Å². The second-order valence-electron chi connectivity index (χ2n) is 8.94. The molecular formula is C27H28N6O5. The number of esters is 1. The molecule has 2 heterocycles. The number of nitro groups is 1. The minimum atomic E-state index is -0.434. The maximum Gasteiger partial charge on any atom is 0.338 e. The van der Waals surface area contributed by atoms with Crippen LogP contribution in [0, 0.1) is 37.8 Å². The molecule has 2 aromatic heterocycles. The molecule has 11 nitrogen and oxygen atoms in total. The number of aromatic nitrogens is 4. The monoisotopic (exact) mass is 516 g/mol. The van der Waals surface area contributed by atoms with Gasteiger partial charge in [0, 0.05) is 5.56 Å². The van der Waals surface area contributed by atoms with Crippen molar-refractivity contribution in [2.24, 2.45) is 0 Å². The second kappa shape index (κ2) is 10.7. The Morgan fingerprint density at radius 1 is 0.947 bits per heavy atom. The number of carbonyl (C=O) groups is 2.